The molecular formula is H2AgFeLaO. The van der Waals surface area contributed by atoms with Crippen LogP contribution < -0.4 is 0 Å². The summed E-state index contributed by atoms with van der Waals surface area (Å²) < 4.78 is 0. The molecular weight excluding hydrogens is 319 g/mol. The van der Waals surface area contributed by atoms with E-state index in [1.807, 2.05) is 0 Å². The smallest absolute Gasteiger partial charge is 0 e. The molecule has 0 amide bonds. The summed E-state index contributed by atoms with van der Waals surface area (Å²) in [7, 11) is 0. The van der Waals surface area contributed by atoms with E-state index in [0.717, 1.165) is 0 Å². The van der Waals surface area contributed by atoms with Gasteiger partial charge in [-0.3, -0.25) is 0 Å². The maximum absolute atomic E-state index is 0. The van der Waals surface area contributed by atoms with E-state index in [0.29, 0.717) is 0 Å². The van der Waals surface area contributed by atoms with Crippen molar-refractivity contribution in [3.8, 4) is 0 Å². The quantitative estimate of drug-likeness (QED) is 0.522. The molecule has 0 aliphatic heterocycles. The van der Waals surface area contributed by atoms with Crippen LogP contribution in [0.25, 0.3) is 0 Å². The zero-order valence-electron chi connectivity index (χ0n) is 1.73. The van der Waals surface area contributed by atoms with Gasteiger partial charge >= 0.3 is 0 Å². The monoisotopic (exact) mass is 320 g/mol. The van der Waals surface area contributed by atoms with Gasteiger partial charge in [0, 0.05) is 75.0 Å². The third kappa shape index (κ3) is 8.83. The first kappa shape index (κ1) is 32.3. The van der Waals surface area contributed by atoms with Crippen LogP contribution in [0.2, 0.25) is 0 Å². The van der Waals surface area contributed by atoms with Gasteiger partial charge in [-0.25, -0.2) is 0 Å². The summed E-state index contributed by atoms with van der Waals surface area (Å²) in [6, 6.07) is 0. The van der Waals surface area contributed by atoms with Crippen molar-refractivity contribution in [3.63, 3.8) is 0 Å². The molecule has 1 nitrogen and oxygen atoms in total. The van der Waals surface area contributed by atoms with E-state index in [2.05, 4.69) is 0 Å². The fourth-order valence-electron chi connectivity index (χ4n) is 0. The molecule has 0 rings (SSSR count). The van der Waals surface area contributed by atoms with E-state index in [1.54, 1.807) is 0 Å². The van der Waals surface area contributed by atoms with E-state index < -0.39 is 0 Å². The Morgan fingerprint density at radius 1 is 1.00 bits per heavy atom. The first-order valence-electron chi connectivity index (χ1n) is 0. The molecule has 0 aliphatic rings. The Labute approximate surface area is 79.2 Å². The maximum atomic E-state index is 0. The Balaban J connectivity index is 0. The van der Waals surface area contributed by atoms with Crippen LogP contribution in [-0.4, -0.2) is 5.48 Å². The molecule has 0 fully saturated rings. The van der Waals surface area contributed by atoms with Gasteiger partial charge in [-0.15, -0.1) is 0 Å². The summed E-state index contributed by atoms with van der Waals surface area (Å²) >= 11 is 0. The molecule has 0 aromatic rings. The third-order valence-corrected chi connectivity index (χ3v) is 0. The van der Waals surface area contributed by atoms with Crippen LogP contribution in [0, 0.1) is 35.6 Å². The largest absolute Gasteiger partial charge is 0.412 e. The van der Waals surface area contributed by atoms with Crippen molar-refractivity contribution in [1.82, 2.24) is 0 Å². The average Bonchev–Trinajstić information content (AvgIpc) is 0. The second kappa shape index (κ2) is 18.1. The standard InChI is InChI=1S/Ag.Fe.La.H2O/h;;;1H2. The van der Waals surface area contributed by atoms with E-state index in [9.17, 15) is 0 Å². The summed E-state index contributed by atoms with van der Waals surface area (Å²) in [6.45, 7) is 0. The Bertz CT molecular complexity index is 8.00. The molecule has 0 bridgehead atoms. The van der Waals surface area contributed by atoms with Crippen molar-refractivity contribution in [2.45, 2.75) is 0 Å². The molecule has 0 atom stereocenters. The van der Waals surface area contributed by atoms with Gasteiger partial charge in [-0.05, 0) is 0 Å². The summed E-state index contributed by atoms with van der Waals surface area (Å²) in [5, 5.41) is 0. The van der Waals surface area contributed by atoms with Crippen LogP contribution in [0.4, 0.5) is 0 Å². The second-order valence-corrected chi connectivity index (χ2v) is 0. The SMILES string of the molecule is O.[Ag].[Fe].[La]. The minimum absolute atomic E-state index is 0. The van der Waals surface area contributed by atoms with Gasteiger partial charge in [0.15, 0.2) is 0 Å². The van der Waals surface area contributed by atoms with Gasteiger partial charge in [0.2, 0.25) is 0 Å². The minimum Gasteiger partial charge on any atom is -0.412 e. The summed E-state index contributed by atoms with van der Waals surface area (Å²) in [4.78, 5) is 0. The fraction of sp³-hybridized carbons (Fsp3) is 0. The minimum atomic E-state index is 0. The topological polar surface area (TPSA) is 31.5 Å². The van der Waals surface area contributed by atoms with Crippen LogP contribution in [0.3, 0.4) is 0 Å². The molecule has 0 aliphatic carbocycles. The molecule has 0 saturated carbocycles. The van der Waals surface area contributed by atoms with Gasteiger partial charge in [-0.1, -0.05) is 0 Å². The van der Waals surface area contributed by atoms with Crippen molar-refractivity contribution in [1.29, 1.82) is 0 Å². The van der Waals surface area contributed by atoms with Crippen molar-refractivity contribution in [2.24, 2.45) is 0 Å². The summed E-state index contributed by atoms with van der Waals surface area (Å²) in [5.74, 6) is 0. The van der Waals surface area contributed by atoms with Crippen LogP contribution >= 0.6 is 0 Å². The molecule has 4 heavy (non-hydrogen) atoms. The third-order valence-electron chi connectivity index (χ3n) is 0. The van der Waals surface area contributed by atoms with Gasteiger partial charge < -0.3 is 5.48 Å². The number of hydrogen-bond acceptors (Lipinski definition) is 0. The molecule has 4 heteroatoms. The van der Waals surface area contributed by atoms with Crippen molar-refractivity contribution in [3.05, 3.63) is 0 Å². The van der Waals surface area contributed by atoms with Crippen LogP contribution in [-0.2, 0) is 39.4 Å². The Hall–Kier alpha value is 2.41. The fourth-order valence-corrected chi connectivity index (χ4v) is 0. The van der Waals surface area contributed by atoms with Gasteiger partial charge in [-0.2, -0.15) is 0 Å². The van der Waals surface area contributed by atoms with E-state index in [4.69, 9.17) is 0 Å². The van der Waals surface area contributed by atoms with Gasteiger partial charge in [0.05, 0.1) is 0 Å². The number of hydrogen-bond donors (Lipinski definition) is 0. The molecule has 30 valence electrons. The summed E-state index contributed by atoms with van der Waals surface area (Å²) in [6.07, 6.45) is 0. The molecule has 0 saturated heterocycles. The van der Waals surface area contributed by atoms with Gasteiger partial charge in [0.1, 0.15) is 0 Å². The molecule has 0 aromatic heterocycles. The zero-order chi connectivity index (χ0) is 0. The molecule has 0 heterocycles. The molecule has 2 N–H and O–H groups in total. The predicted molar refractivity (Wildman–Crippen MR) is 3.61 cm³/mol. The molecule has 2 radical (unpaired) electrons. The Morgan fingerprint density at radius 3 is 1.00 bits per heavy atom. The zero-order valence-corrected chi connectivity index (χ0v) is 7.94. The Kier molecular flexibility index (Phi) is 146. The average molecular weight is 321 g/mol. The van der Waals surface area contributed by atoms with Crippen LogP contribution in [0.15, 0.2) is 0 Å². The first-order chi connectivity index (χ1) is 0. The summed E-state index contributed by atoms with van der Waals surface area (Å²) in [5.41, 5.74) is 0. The van der Waals surface area contributed by atoms with Crippen molar-refractivity contribution in [2.75, 3.05) is 0 Å². The molecule has 0 spiro atoms. The predicted octanol–water partition coefficient (Wildman–Crippen LogP) is -0.830. The second-order valence-electron chi connectivity index (χ2n) is 0. The van der Waals surface area contributed by atoms with Crippen LogP contribution in [0.1, 0.15) is 0 Å². The Morgan fingerprint density at radius 2 is 1.00 bits per heavy atom. The normalized spacial score (nSPS) is 0. The van der Waals surface area contributed by atoms with Crippen LogP contribution in [0.5, 0.6) is 0 Å². The maximum Gasteiger partial charge on any atom is 0 e. The molecule has 0 unspecified atom stereocenters. The first-order valence-corrected chi connectivity index (χ1v) is 0. The van der Waals surface area contributed by atoms with Crippen molar-refractivity contribution < 1.29 is 80.5 Å². The van der Waals surface area contributed by atoms with E-state index in [-0.39, 0.29) is 80.5 Å². The molecule has 0 aromatic carbocycles. The number of rotatable bonds is 0. The van der Waals surface area contributed by atoms with E-state index in [1.165, 1.54) is 0 Å². The van der Waals surface area contributed by atoms with Crippen molar-refractivity contribution >= 4 is 0 Å². The van der Waals surface area contributed by atoms with Gasteiger partial charge in [0.25, 0.3) is 0 Å². The van der Waals surface area contributed by atoms with E-state index >= 15 is 0 Å².